The van der Waals surface area contributed by atoms with Crippen molar-refractivity contribution >= 4 is 24.6 Å². The van der Waals surface area contributed by atoms with Crippen LogP contribution in [0.1, 0.15) is 6.92 Å². The van der Waals surface area contributed by atoms with Crippen molar-refractivity contribution in [3.05, 3.63) is 0 Å². The van der Waals surface area contributed by atoms with Crippen LogP contribution in [0.3, 0.4) is 0 Å². The van der Waals surface area contributed by atoms with Gasteiger partial charge in [0.15, 0.2) is 37.0 Å². The fraction of sp³-hybridized carbons (Fsp3) is 1.00. The highest BCUT2D eigenvalue weighted by molar-refractivity contribution is 7.89. The molecular weight excluding hydrogens is 472 g/mol. The second-order valence-electron chi connectivity index (χ2n) is 6.74. The molecule has 4 unspecified atom stereocenters. The van der Waals surface area contributed by atoms with Crippen molar-refractivity contribution in [3.8, 4) is 0 Å². The lowest BCUT2D eigenvalue weighted by Gasteiger charge is -2.45. The molecule has 3 rings (SSSR count). The molecule has 0 amide bonds. The molecule has 0 aromatic heterocycles. The van der Waals surface area contributed by atoms with Crippen molar-refractivity contribution in [2.75, 3.05) is 20.3 Å². The first-order valence-electron chi connectivity index (χ1n) is 9.05. The Balaban J connectivity index is 1.73. The first-order valence-corrected chi connectivity index (χ1v) is 10.4. The van der Waals surface area contributed by atoms with E-state index >= 15 is 0 Å². The van der Waals surface area contributed by atoms with Gasteiger partial charge in [-0.2, -0.15) is 0 Å². The summed E-state index contributed by atoms with van der Waals surface area (Å²) < 4.78 is 48.0. The third kappa shape index (κ3) is 5.97. The number of fused-ring (bicyclic) bond motifs is 2. The molecule has 0 radical (unpaired) electrons. The Kier molecular flexibility index (Phi) is 10.4. The third-order valence-corrected chi connectivity index (χ3v) is 5.93. The normalized spacial score (nSPS) is 42.8. The number of ether oxygens (including phenoxy) is 5. The van der Waals surface area contributed by atoms with Gasteiger partial charge >= 0.3 is 0 Å². The second-order valence-corrected chi connectivity index (χ2v) is 7.67. The van der Waals surface area contributed by atoms with Crippen molar-refractivity contribution in [1.82, 2.24) is 0 Å². The van der Waals surface area contributed by atoms with Gasteiger partial charge in [-0.15, -0.1) is 8.67 Å². The zero-order valence-corrected chi connectivity index (χ0v) is 17.9. The molecule has 0 aliphatic carbocycles. The molecule has 17 heteroatoms. The molecule has 3 aliphatic heterocycles. The Bertz CT molecular complexity index is 534. The maximum Gasteiger partial charge on any atom is 0.198 e. The minimum absolute atomic E-state index is 0.204. The summed E-state index contributed by atoms with van der Waals surface area (Å²) >= 11 is 0.641. The standard InChI is InChI=1S/C14H24O15S2/c1-5-9(24-30-28-26-17)12-10(7(21-5)4-20-12)23-14-13(25-31-29-27-18)11(19-2)8(16)6(3-15)22-14/h5-18H,3-4H2,1-2H3/t5-,6?,7?,8-,9?,10+,11?,12+,13+,14+/m1/s1. The molecule has 4 N–H and O–H groups in total. The van der Waals surface area contributed by atoms with E-state index in [1.165, 1.54) is 7.11 Å². The van der Waals surface area contributed by atoms with Gasteiger partial charge in [0.25, 0.3) is 0 Å². The zero-order valence-electron chi connectivity index (χ0n) is 16.3. The Morgan fingerprint density at radius 3 is 2.26 bits per heavy atom. The van der Waals surface area contributed by atoms with Crippen LogP contribution in [0.2, 0.25) is 0 Å². The van der Waals surface area contributed by atoms with Crippen molar-refractivity contribution in [1.29, 1.82) is 0 Å². The fourth-order valence-corrected chi connectivity index (χ4v) is 4.51. The lowest BCUT2D eigenvalue weighted by Crippen LogP contribution is -2.63. The predicted octanol–water partition coefficient (Wildman–Crippen LogP) is -0.610. The number of aliphatic hydroxyl groups is 2. The molecule has 0 aromatic rings. The van der Waals surface area contributed by atoms with E-state index in [1.54, 1.807) is 6.92 Å². The van der Waals surface area contributed by atoms with E-state index in [4.69, 9.17) is 42.6 Å². The second kappa shape index (κ2) is 12.5. The van der Waals surface area contributed by atoms with Crippen molar-refractivity contribution in [3.63, 3.8) is 0 Å². The monoisotopic (exact) mass is 496 g/mol. The summed E-state index contributed by atoms with van der Waals surface area (Å²) in [6.45, 7) is 1.45. The summed E-state index contributed by atoms with van der Waals surface area (Å²) in [5, 5.41) is 43.5. The molecule has 3 heterocycles. The Morgan fingerprint density at radius 2 is 1.65 bits per heavy atom. The number of methoxy groups -OCH3 is 1. The lowest BCUT2D eigenvalue weighted by molar-refractivity contribution is -0.435. The average Bonchev–Trinajstić information content (AvgIpc) is 3.05. The van der Waals surface area contributed by atoms with E-state index in [0.29, 0.717) is 12.3 Å². The van der Waals surface area contributed by atoms with Gasteiger partial charge in [0.2, 0.25) is 0 Å². The SMILES string of the molecule is COC1[C@H](O)C(CO)O[C@@H](O[C@H]2C3CO[C@H]2C(OSOOO)[C@@H](C)O3)[C@H]1OSOOO. The highest BCUT2D eigenvalue weighted by Gasteiger charge is 2.55. The van der Waals surface area contributed by atoms with Gasteiger partial charge in [-0.05, 0) is 6.92 Å². The first-order chi connectivity index (χ1) is 15.0. The van der Waals surface area contributed by atoms with Crippen LogP contribution in [0.15, 0.2) is 0 Å². The van der Waals surface area contributed by atoms with Gasteiger partial charge in [-0.1, -0.05) is 10.1 Å². The molecule has 31 heavy (non-hydrogen) atoms. The Morgan fingerprint density at radius 1 is 0.968 bits per heavy atom. The molecule has 2 bridgehead atoms. The van der Waals surface area contributed by atoms with Crippen LogP contribution in [0.25, 0.3) is 0 Å². The molecule has 10 atom stereocenters. The first kappa shape index (κ1) is 25.7. The molecule has 3 saturated heterocycles. The summed E-state index contributed by atoms with van der Waals surface area (Å²) in [7, 11) is 1.33. The number of hydrogen-bond donors (Lipinski definition) is 4. The van der Waals surface area contributed by atoms with Gasteiger partial charge in [0.1, 0.15) is 42.7 Å². The fourth-order valence-electron chi connectivity index (χ4n) is 3.75. The zero-order chi connectivity index (χ0) is 22.4. The van der Waals surface area contributed by atoms with Crippen LogP contribution >= 0.6 is 24.6 Å². The van der Waals surface area contributed by atoms with Crippen LogP contribution in [0, 0.1) is 0 Å². The highest BCUT2D eigenvalue weighted by Crippen LogP contribution is 2.38. The third-order valence-electron chi connectivity index (χ3n) is 5.10. The number of hydrogen-bond acceptors (Lipinski definition) is 17. The van der Waals surface area contributed by atoms with Gasteiger partial charge in [-0.25, -0.2) is 10.5 Å². The van der Waals surface area contributed by atoms with E-state index in [1.807, 2.05) is 0 Å². The van der Waals surface area contributed by atoms with E-state index in [-0.39, 0.29) is 18.9 Å². The van der Waals surface area contributed by atoms with E-state index in [9.17, 15) is 10.2 Å². The van der Waals surface area contributed by atoms with Gasteiger partial charge in [0, 0.05) is 7.11 Å². The topological polar surface area (TPSA) is 182 Å². The summed E-state index contributed by atoms with van der Waals surface area (Å²) in [4.78, 5) is 0. The maximum atomic E-state index is 10.4. The predicted molar refractivity (Wildman–Crippen MR) is 96.0 cm³/mol. The minimum atomic E-state index is -1.26. The number of rotatable bonds is 12. The summed E-state index contributed by atoms with van der Waals surface area (Å²) in [6, 6.07) is 0. The molecule has 0 aromatic carbocycles. The Labute approximate surface area is 185 Å². The summed E-state index contributed by atoms with van der Waals surface area (Å²) in [5.41, 5.74) is 0. The number of aliphatic hydroxyl groups excluding tert-OH is 2. The smallest absolute Gasteiger partial charge is 0.198 e. The highest BCUT2D eigenvalue weighted by atomic mass is 32.2. The van der Waals surface area contributed by atoms with E-state index in [0.717, 1.165) is 0 Å². The van der Waals surface area contributed by atoms with Crippen LogP contribution in [0.5, 0.6) is 0 Å². The molecule has 3 aliphatic rings. The van der Waals surface area contributed by atoms with Crippen LogP contribution in [0.4, 0.5) is 0 Å². The van der Waals surface area contributed by atoms with Crippen molar-refractivity contribution in [2.24, 2.45) is 0 Å². The van der Waals surface area contributed by atoms with E-state index < -0.39 is 67.8 Å². The van der Waals surface area contributed by atoms with Crippen LogP contribution in [-0.4, -0.2) is 102 Å². The maximum absolute atomic E-state index is 10.4. The van der Waals surface area contributed by atoms with Gasteiger partial charge in [0.05, 0.1) is 19.3 Å². The summed E-state index contributed by atoms with van der Waals surface area (Å²) in [5.74, 6) is 0. The summed E-state index contributed by atoms with van der Waals surface area (Å²) in [6.07, 6.45) is -8.44. The quantitative estimate of drug-likeness (QED) is 0.116. The molecule has 15 nitrogen and oxygen atoms in total. The molecular formula is C14H24O15S2. The van der Waals surface area contributed by atoms with Gasteiger partial charge in [-0.3, -0.25) is 8.37 Å². The van der Waals surface area contributed by atoms with Crippen molar-refractivity contribution in [2.45, 2.75) is 68.1 Å². The van der Waals surface area contributed by atoms with Crippen LogP contribution < -0.4 is 0 Å². The molecule has 0 saturated carbocycles. The molecule has 182 valence electrons. The van der Waals surface area contributed by atoms with Crippen molar-refractivity contribution < 1.29 is 71.5 Å². The van der Waals surface area contributed by atoms with E-state index in [2.05, 4.69) is 18.7 Å². The minimum Gasteiger partial charge on any atom is -0.394 e. The largest absolute Gasteiger partial charge is 0.394 e. The van der Waals surface area contributed by atoms with Gasteiger partial charge < -0.3 is 33.9 Å². The average molecular weight is 496 g/mol. The van der Waals surface area contributed by atoms with Crippen LogP contribution in [-0.2, 0) is 50.8 Å². The molecule has 3 fully saturated rings. The lowest BCUT2D eigenvalue weighted by atomic mass is 9.97. The molecule has 0 spiro atoms. The Hall–Kier alpha value is 0.1000.